The van der Waals surface area contributed by atoms with Crippen molar-refractivity contribution < 1.29 is 4.74 Å². The third-order valence-corrected chi connectivity index (χ3v) is 2.79. The minimum absolute atomic E-state index is 0.486. The molecule has 3 aromatic rings. The summed E-state index contributed by atoms with van der Waals surface area (Å²) >= 11 is 0. The van der Waals surface area contributed by atoms with E-state index in [9.17, 15) is 0 Å². The van der Waals surface area contributed by atoms with Crippen molar-refractivity contribution in [3.63, 3.8) is 0 Å². The van der Waals surface area contributed by atoms with Gasteiger partial charge in [-0.1, -0.05) is 0 Å². The molecular weight excluding hydrogens is 216 g/mol. The number of nitrogens with two attached hydrogens (primary N) is 1. The zero-order valence-electron chi connectivity index (χ0n) is 9.32. The van der Waals surface area contributed by atoms with Crippen molar-refractivity contribution in [1.29, 1.82) is 0 Å². The highest BCUT2D eigenvalue weighted by Crippen LogP contribution is 2.33. The van der Waals surface area contributed by atoms with Gasteiger partial charge >= 0.3 is 0 Å². The minimum atomic E-state index is 0.486. The van der Waals surface area contributed by atoms with Crippen molar-refractivity contribution in [2.75, 3.05) is 12.8 Å². The average molecular weight is 228 g/mol. The molecule has 17 heavy (non-hydrogen) atoms. The standard InChI is InChI=1S/C12H12N4O/c1-17-10-3-2-7(8-4-5-14-12(8)10)9-6-11(13)16-15-9/h2-6,14H,1H3,(H3,13,15,16). The third kappa shape index (κ3) is 1.44. The normalized spacial score (nSPS) is 10.9. The van der Waals surface area contributed by atoms with Gasteiger partial charge < -0.3 is 15.5 Å². The largest absolute Gasteiger partial charge is 0.495 e. The Labute approximate surface area is 97.6 Å². The molecule has 0 atom stereocenters. The zero-order chi connectivity index (χ0) is 11.8. The highest BCUT2D eigenvalue weighted by atomic mass is 16.5. The molecule has 0 bridgehead atoms. The van der Waals surface area contributed by atoms with Crippen molar-refractivity contribution in [2.24, 2.45) is 0 Å². The average Bonchev–Trinajstić information content (AvgIpc) is 2.96. The van der Waals surface area contributed by atoms with E-state index < -0.39 is 0 Å². The van der Waals surface area contributed by atoms with Gasteiger partial charge in [0.05, 0.1) is 18.3 Å². The van der Waals surface area contributed by atoms with Gasteiger partial charge in [0.1, 0.15) is 11.6 Å². The molecule has 0 fully saturated rings. The van der Waals surface area contributed by atoms with E-state index in [1.54, 1.807) is 7.11 Å². The number of hydrogen-bond acceptors (Lipinski definition) is 3. The molecule has 4 N–H and O–H groups in total. The van der Waals surface area contributed by atoms with Gasteiger partial charge in [0.25, 0.3) is 0 Å². The number of H-pyrrole nitrogens is 2. The van der Waals surface area contributed by atoms with Crippen LogP contribution in [0.5, 0.6) is 5.75 Å². The monoisotopic (exact) mass is 228 g/mol. The first-order chi connectivity index (χ1) is 8.29. The summed E-state index contributed by atoms with van der Waals surface area (Å²) in [4.78, 5) is 3.17. The number of fused-ring (bicyclic) bond motifs is 1. The third-order valence-electron chi connectivity index (χ3n) is 2.79. The summed E-state index contributed by atoms with van der Waals surface area (Å²) in [6, 6.07) is 7.73. The Hall–Kier alpha value is -2.43. The Morgan fingerprint density at radius 1 is 1.29 bits per heavy atom. The van der Waals surface area contributed by atoms with Gasteiger partial charge in [-0.25, -0.2) is 0 Å². The van der Waals surface area contributed by atoms with Crippen LogP contribution in [0.1, 0.15) is 0 Å². The highest BCUT2D eigenvalue weighted by molar-refractivity contribution is 5.97. The second-order valence-corrected chi connectivity index (χ2v) is 3.79. The molecule has 0 saturated heterocycles. The molecular formula is C12H12N4O. The Bertz CT molecular complexity index is 668. The summed E-state index contributed by atoms with van der Waals surface area (Å²) in [5, 5.41) is 7.93. The first kappa shape index (κ1) is 9.77. The first-order valence-electron chi connectivity index (χ1n) is 5.25. The molecule has 86 valence electrons. The van der Waals surface area contributed by atoms with E-state index in [-0.39, 0.29) is 0 Å². The summed E-state index contributed by atoms with van der Waals surface area (Å²) in [6.07, 6.45) is 1.89. The van der Waals surface area contributed by atoms with Gasteiger partial charge in [-0.05, 0) is 18.2 Å². The number of nitrogens with zero attached hydrogens (tertiary/aromatic N) is 1. The number of methoxy groups -OCH3 is 1. The summed E-state index contributed by atoms with van der Waals surface area (Å²) in [5.41, 5.74) is 8.53. The zero-order valence-corrected chi connectivity index (χ0v) is 9.32. The van der Waals surface area contributed by atoms with Crippen LogP contribution in [0.25, 0.3) is 22.2 Å². The van der Waals surface area contributed by atoms with Crippen molar-refractivity contribution in [3.05, 3.63) is 30.5 Å². The lowest BCUT2D eigenvalue weighted by Crippen LogP contribution is -1.86. The maximum atomic E-state index is 5.62. The fourth-order valence-corrected chi connectivity index (χ4v) is 2.01. The van der Waals surface area contributed by atoms with Crippen molar-refractivity contribution in [2.45, 2.75) is 0 Å². The second-order valence-electron chi connectivity index (χ2n) is 3.79. The molecule has 5 heteroatoms. The molecule has 2 heterocycles. The van der Waals surface area contributed by atoms with Gasteiger partial charge in [0.2, 0.25) is 0 Å². The van der Waals surface area contributed by atoms with Crippen LogP contribution in [0.3, 0.4) is 0 Å². The lowest BCUT2D eigenvalue weighted by Gasteiger charge is -2.05. The van der Waals surface area contributed by atoms with Gasteiger partial charge in [-0.3, -0.25) is 5.10 Å². The van der Waals surface area contributed by atoms with Crippen molar-refractivity contribution >= 4 is 16.7 Å². The molecule has 0 saturated carbocycles. The maximum Gasteiger partial charge on any atom is 0.145 e. The smallest absolute Gasteiger partial charge is 0.145 e. The molecule has 3 rings (SSSR count). The van der Waals surface area contributed by atoms with E-state index >= 15 is 0 Å². The summed E-state index contributed by atoms with van der Waals surface area (Å²) in [7, 11) is 1.66. The Kier molecular flexibility index (Phi) is 2.04. The molecule has 0 unspecified atom stereocenters. The summed E-state index contributed by atoms with van der Waals surface area (Å²) in [6.45, 7) is 0. The summed E-state index contributed by atoms with van der Waals surface area (Å²) < 4.78 is 5.30. The topological polar surface area (TPSA) is 79.7 Å². The quantitative estimate of drug-likeness (QED) is 0.628. The number of benzene rings is 1. The van der Waals surface area contributed by atoms with Gasteiger partial charge in [-0.15, -0.1) is 0 Å². The number of aromatic nitrogens is 3. The summed E-state index contributed by atoms with van der Waals surface area (Å²) in [5.74, 6) is 1.31. The maximum absolute atomic E-state index is 5.62. The van der Waals surface area contributed by atoms with Gasteiger partial charge in [0.15, 0.2) is 0 Å². The number of hydrogen-bond donors (Lipinski definition) is 3. The van der Waals surface area contributed by atoms with E-state index in [0.717, 1.165) is 27.9 Å². The van der Waals surface area contributed by atoms with Gasteiger partial charge in [-0.2, -0.15) is 5.10 Å². The first-order valence-corrected chi connectivity index (χ1v) is 5.25. The van der Waals surface area contributed by atoms with Crippen LogP contribution < -0.4 is 10.5 Å². The van der Waals surface area contributed by atoms with Crippen LogP contribution in [0.4, 0.5) is 5.82 Å². The van der Waals surface area contributed by atoms with E-state index in [4.69, 9.17) is 10.5 Å². The molecule has 1 aromatic carbocycles. The fourth-order valence-electron chi connectivity index (χ4n) is 2.01. The minimum Gasteiger partial charge on any atom is -0.495 e. The molecule has 0 aliphatic heterocycles. The van der Waals surface area contributed by atoms with E-state index in [1.807, 2.05) is 30.5 Å². The molecule has 0 amide bonds. The Balaban J connectivity index is 2.27. The van der Waals surface area contributed by atoms with E-state index in [0.29, 0.717) is 5.82 Å². The van der Waals surface area contributed by atoms with Crippen LogP contribution in [0.2, 0.25) is 0 Å². The van der Waals surface area contributed by atoms with Crippen LogP contribution >= 0.6 is 0 Å². The lowest BCUT2D eigenvalue weighted by atomic mass is 10.1. The number of nitrogen functional groups attached to an aromatic ring is 1. The molecule has 2 aromatic heterocycles. The Morgan fingerprint density at radius 3 is 2.88 bits per heavy atom. The molecule has 0 aliphatic rings. The van der Waals surface area contributed by atoms with Crippen molar-refractivity contribution in [1.82, 2.24) is 15.2 Å². The SMILES string of the molecule is COc1ccc(-c2cc(N)n[nH]2)c2cc[nH]c12. The van der Waals surface area contributed by atoms with E-state index in [2.05, 4.69) is 15.2 Å². The lowest BCUT2D eigenvalue weighted by molar-refractivity contribution is 0.419. The molecule has 0 spiro atoms. The molecule has 0 aliphatic carbocycles. The van der Waals surface area contributed by atoms with Crippen LogP contribution in [0, 0.1) is 0 Å². The van der Waals surface area contributed by atoms with Crippen molar-refractivity contribution in [3.8, 4) is 17.0 Å². The number of anilines is 1. The van der Waals surface area contributed by atoms with Crippen LogP contribution in [0.15, 0.2) is 30.5 Å². The second kappa shape index (κ2) is 3.55. The van der Waals surface area contributed by atoms with Gasteiger partial charge in [0, 0.05) is 23.2 Å². The predicted molar refractivity (Wildman–Crippen MR) is 66.8 cm³/mol. The Morgan fingerprint density at radius 2 is 2.18 bits per heavy atom. The number of rotatable bonds is 2. The fraction of sp³-hybridized carbons (Fsp3) is 0.0833. The predicted octanol–water partition coefficient (Wildman–Crippen LogP) is 2.15. The van der Waals surface area contributed by atoms with Crippen LogP contribution in [-0.2, 0) is 0 Å². The number of ether oxygens (including phenoxy) is 1. The van der Waals surface area contributed by atoms with E-state index in [1.165, 1.54) is 0 Å². The molecule has 5 nitrogen and oxygen atoms in total. The number of aromatic amines is 2. The number of nitrogens with one attached hydrogen (secondary N) is 2. The van der Waals surface area contributed by atoms with Crippen LogP contribution in [-0.4, -0.2) is 22.3 Å². The highest BCUT2D eigenvalue weighted by Gasteiger charge is 2.10. The molecule has 0 radical (unpaired) electrons.